The highest BCUT2D eigenvalue weighted by Gasteiger charge is 2.22. The zero-order valence-electron chi connectivity index (χ0n) is 9.20. The average Bonchev–Trinajstić information content (AvgIpc) is 2.20. The monoisotopic (exact) mass is 216 g/mol. The minimum atomic E-state index is -0.661. The van der Waals surface area contributed by atoms with Crippen LogP contribution < -0.4 is 11.1 Å². The molecule has 1 rings (SSSR count). The van der Waals surface area contributed by atoms with E-state index in [-0.39, 0.29) is 6.10 Å². The first-order valence-corrected chi connectivity index (χ1v) is 5.40. The SMILES string of the molecule is COCCN[C@H]1CC[C@H](OC(N)=O)CC1. The van der Waals surface area contributed by atoms with Crippen LogP contribution in [0.4, 0.5) is 4.79 Å². The third-order valence-electron chi connectivity index (χ3n) is 2.70. The van der Waals surface area contributed by atoms with E-state index in [4.69, 9.17) is 15.2 Å². The standard InChI is InChI=1S/C10H20N2O3/c1-14-7-6-12-8-2-4-9(5-3-8)15-10(11)13/h8-9,12H,2-7H2,1H3,(H2,11,13)/t8-,9-. The summed E-state index contributed by atoms with van der Waals surface area (Å²) in [6.45, 7) is 1.61. The Balaban J connectivity index is 2.10. The van der Waals surface area contributed by atoms with E-state index < -0.39 is 6.09 Å². The van der Waals surface area contributed by atoms with Gasteiger partial charge in [0.15, 0.2) is 0 Å². The molecule has 0 unspecified atom stereocenters. The normalized spacial score (nSPS) is 26.2. The largest absolute Gasteiger partial charge is 0.446 e. The number of methoxy groups -OCH3 is 1. The summed E-state index contributed by atoms with van der Waals surface area (Å²) < 4.78 is 9.91. The fourth-order valence-corrected chi connectivity index (χ4v) is 1.91. The van der Waals surface area contributed by atoms with Crippen LogP contribution in [0.3, 0.4) is 0 Å². The lowest BCUT2D eigenvalue weighted by Gasteiger charge is -2.28. The van der Waals surface area contributed by atoms with Gasteiger partial charge in [0.05, 0.1) is 6.61 Å². The molecule has 5 nitrogen and oxygen atoms in total. The number of carbonyl (C=O) groups is 1. The maximum Gasteiger partial charge on any atom is 0.404 e. The van der Waals surface area contributed by atoms with Gasteiger partial charge in [-0.05, 0) is 25.7 Å². The van der Waals surface area contributed by atoms with Crippen molar-refractivity contribution >= 4 is 6.09 Å². The van der Waals surface area contributed by atoms with Crippen molar-refractivity contribution in [3.8, 4) is 0 Å². The van der Waals surface area contributed by atoms with Gasteiger partial charge in [-0.15, -0.1) is 0 Å². The summed E-state index contributed by atoms with van der Waals surface area (Å²) in [4.78, 5) is 10.5. The number of hydrogen-bond acceptors (Lipinski definition) is 4. The fourth-order valence-electron chi connectivity index (χ4n) is 1.91. The molecule has 0 aromatic heterocycles. The number of nitrogens with two attached hydrogens (primary N) is 1. The molecule has 1 fully saturated rings. The van der Waals surface area contributed by atoms with Crippen molar-refractivity contribution in [2.24, 2.45) is 5.73 Å². The smallest absolute Gasteiger partial charge is 0.404 e. The van der Waals surface area contributed by atoms with Crippen molar-refractivity contribution in [1.82, 2.24) is 5.32 Å². The first kappa shape index (κ1) is 12.3. The van der Waals surface area contributed by atoms with Gasteiger partial charge in [-0.25, -0.2) is 4.79 Å². The molecule has 0 spiro atoms. The molecule has 1 saturated carbocycles. The van der Waals surface area contributed by atoms with Crippen LogP contribution >= 0.6 is 0 Å². The lowest BCUT2D eigenvalue weighted by Crippen LogP contribution is -2.38. The van der Waals surface area contributed by atoms with Crippen LogP contribution in [0, 0.1) is 0 Å². The minimum Gasteiger partial charge on any atom is -0.446 e. The summed E-state index contributed by atoms with van der Waals surface area (Å²) in [5.74, 6) is 0. The molecular formula is C10H20N2O3. The molecule has 0 aliphatic heterocycles. The first-order valence-electron chi connectivity index (χ1n) is 5.40. The molecule has 1 amide bonds. The Morgan fingerprint density at radius 3 is 2.60 bits per heavy atom. The Labute approximate surface area is 90.3 Å². The molecule has 0 aromatic rings. The second-order valence-corrected chi connectivity index (χ2v) is 3.86. The number of nitrogens with one attached hydrogen (secondary N) is 1. The predicted octanol–water partition coefficient (Wildman–Crippen LogP) is 0.629. The number of rotatable bonds is 5. The highest BCUT2D eigenvalue weighted by atomic mass is 16.6. The molecule has 0 aromatic carbocycles. The summed E-state index contributed by atoms with van der Waals surface area (Å²) in [7, 11) is 1.69. The Bertz CT molecular complexity index is 191. The zero-order chi connectivity index (χ0) is 11.1. The van der Waals surface area contributed by atoms with Crippen molar-refractivity contribution in [3.63, 3.8) is 0 Å². The van der Waals surface area contributed by atoms with Crippen LogP contribution in [0.1, 0.15) is 25.7 Å². The average molecular weight is 216 g/mol. The van der Waals surface area contributed by atoms with E-state index >= 15 is 0 Å². The Kier molecular flexibility index (Phi) is 5.42. The second kappa shape index (κ2) is 6.63. The molecule has 15 heavy (non-hydrogen) atoms. The van der Waals surface area contributed by atoms with Gasteiger partial charge in [0.2, 0.25) is 0 Å². The summed E-state index contributed by atoms with van der Waals surface area (Å²) in [5.41, 5.74) is 4.96. The molecule has 0 bridgehead atoms. The minimum absolute atomic E-state index is 0.0166. The molecule has 0 radical (unpaired) electrons. The fraction of sp³-hybridized carbons (Fsp3) is 0.900. The van der Waals surface area contributed by atoms with Crippen molar-refractivity contribution in [3.05, 3.63) is 0 Å². The van der Waals surface area contributed by atoms with Crippen molar-refractivity contribution in [2.45, 2.75) is 37.8 Å². The van der Waals surface area contributed by atoms with E-state index in [2.05, 4.69) is 5.32 Å². The van der Waals surface area contributed by atoms with Gasteiger partial charge < -0.3 is 20.5 Å². The van der Waals surface area contributed by atoms with Crippen molar-refractivity contribution in [1.29, 1.82) is 0 Å². The van der Waals surface area contributed by atoms with Gasteiger partial charge in [0.25, 0.3) is 0 Å². The maximum atomic E-state index is 10.5. The molecule has 88 valence electrons. The van der Waals surface area contributed by atoms with E-state index in [9.17, 15) is 4.79 Å². The van der Waals surface area contributed by atoms with E-state index in [1.54, 1.807) is 7.11 Å². The van der Waals surface area contributed by atoms with Crippen LogP contribution in [-0.2, 0) is 9.47 Å². The number of hydrogen-bond donors (Lipinski definition) is 2. The predicted molar refractivity (Wildman–Crippen MR) is 56.6 cm³/mol. The Hall–Kier alpha value is -0.810. The van der Waals surface area contributed by atoms with Crippen LogP contribution in [-0.4, -0.2) is 38.5 Å². The van der Waals surface area contributed by atoms with Gasteiger partial charge in [0.1, 0.15) is 6.10 Å². The molecule has 0 saturated heterocycles. The number of primary amides is 1. The highest BCUT2D eigenvalue weighted by molar-refractivity contribution is 5.64. The van der Waals surface area contributed by atoms with E-state index in [1.165, 1.54) is 0 Å². The second-order valence-electron chi connectivity index (χ2n) is 3.86. The van der Waals surface area contributed by atoms with E-state index in [1.807, 2.05) is 0 Å². The molecule has 0 heterocycles. The molecule has 0 atom stereocenters. The van der Waals surface area contributed by atoms with Gasteiger partial charge in [-0.1, -0.05) is 0 Å². The van der Waals surface area contributed by atoms with E-state index in [0.717, 1.165) is 38.8 Å². The van der Waals surface area contributed by atoms with Gasteiger partial charge in [0, 0.05) is 19.7 Å². The van der Waals surface area contributed by atoms with Crippen LogP contribution in [0.2, 0.25) is 0 Å². The summed E-state index contributed by atoms with van der Waals surface area (Å²) >= 11 is 0. The highest BCUT2D eigenvalue weighted by Crippen LogP contribution is 2.20. The van der Waals surface area contributed by atoms with Crippen molar-refractivity contribution in [2.75, 3.05) is 20.3 Å². The summed E-state index contributed by atoms with van der Waals surface area (Å²) in [5, 5.41) is 3.40. The third kappa shape index (κ3) is 4.99. The number of carbonyl (C=O) groups excluding carboxylic acids is 1. The maximum absolute atomic E-state index is 10.5. The van der Waals surface area contributed by atoms with Crippen LogP contribution in [0.5, 0.6) is 0 Å². The molecule has 1 aliphatic rings. The Morgan fingerprint density at radius 2 is 2.07 bits per heavy atom. The molecule has 3 N–H and O–H groups in total. The third-order valence-corrected chi connectivity index (χ3v) is 2.70. The zero-order valence-corrected chi connectivity index (χ0v) is 9.20. The van der Waals surface area contributed by atoms with Gasteiger partial charge >= 0.3 is 6.09 Å². The summed E-state index contributed by atoms with van der Waals surface area (Å²) in [6, 6.07) is 0.521. The first-order chi connectivity index (χ1) is 7.22. The van der Waals surface area contributed by atoms with Gasteiger partial charge in [-0.3, -0.25) is 0 Å². The molecule has 5 heteroatoms. The van der Waals surface area contributed by atoms with Crippen molar-refractivity contribution < 1.29 is 14.3 Å². The number of ether oxygens (including phenoxy) is 2. The summed E-state index contributed by atoms with van der Waals surface area (Å²) in [6.07, 6.45) is 3.21. The molecule has 1 aliphatic carbocycles. The van der Waals surface area contributed by atoms with E-state index in [0.29, 0.717) is 6.04 Å². The quantitative estimate of drug-likeness (QED) is 0.661. The lowest BCUT2D eigenvalue weighted by atomic mass is 9.93. The van der Waals surface area contributed by atoms with Gasteiger partial charge in [-0.2, -0.15) is 0 Å². The van der Waals surface area contributed by atoms with Crippen LogP contribution in [0.25, 0.3) is 0 Å². The molecular weight excluding hydrogens is 196 g/mol. The number of amides is 1. The Morgan fingerprint density at radius 1 is 1.40 bits per heavy atom. The lowest BCUT2D eigenvalue weighted by molar-refractivity contribution is 0.0749. The topological polar surface area (TPSA) is 73.6 Å². The van der Waals surface area contributed by atoms with Crippen LogP contribution in [0.15, 0.2) is 0 Å².